The Kier molecular flexibility index (Phi) is 6.99. The second-order valence-corrected chi connectivity index (χ2v) is 4.64. The highest BCUT2D eigenvalue weighted by Gasteiger charge is 2.03. The van der Waals surface area contributed by atoms with Gasteiger partial charge in [-0.2, -0.15) is 0 Å². The topological polar surface area (TPSA) is 90.6 Å². The first-order valence-electron chi connectivity index (χ1n) is 6.77. The number of anilines is 3. The van der Waals surface area contributed by atoms with Crippen molar-refractivity contribution < 1.29 is 9.64 Å². The lowest BCUT2D eigenvalue weighted by Crippen LogP contribution is -3.09. The van der Waals surface area contributed by atoms with Crippen LogP contribution in [0.2, 0.25) is 0 Å². The molecule has 1 atom stereocenters. The number of aromatic nitrogens is 1. The van der Waals surface area contributed by atoms with Crippen LogP contribution in [0.1, 0.15) is 13.3 Å². The van der Waals surface area contributed by atoms with E-state index < -0.39 is 0 Å². The van der Waals surface area contributed by atoms with Crippen LogP contribution in [-0.2, 0) is 4.74 Å². The minimum Gasteiger partial charge on any atom is -0.397 e. The molecule has 1 heterocycles. The van der Waals surface area contributed by atoms with Gasteiger partial charge in [0.1, 0.15) is 12.4 Å². The number of pyridine rings is 1. The van der Waals surface area contributed by atoms with E-state index in [1.54, 1.807) is 12.3 Å². The van der Waals surface area contributed by atoms with Crippen LogP contribution < -0.4 is 21.7 Å². The first kappa shape index (κ1) is 15.5. The molecule has 0 aliphatic heterocycles. The number of nitrogen functional groups attached to an aromatic ring is 2. The number of rotatable bonds is 9. The van der Waals surface area contributed by atoms with Crippen LogP contribution in [0, 0.1) is 0 Å². The molecule has 6 nitrogen and oxygen atoms in total. The Labute approximate surface area is 115 Å². The van der Waals surface area contributed by atoms with Gasteiger partial charge in [0.15, 0.2) is 0 Å². The van der Waals surface area contributed by atoms with Crippen LogP contribution >= 0.6 is 0 Å². The van der Waals surface area contributed by atoms with Gasteiger partial charge in [-0.15, -0.1) is 0 Å². The zero-order valence-corrected chi connectivity index (χ0v) is 11.9. The molecule has 1 unspecified atom stereocenters. The second kappa shape index (κ2) is 8.55. The first-order chi connectivity index (χ1) is 9.13. The Hall–Kier alpha value is -1.53. The first-order valence-corrected chi connectivity index (χ1v) is 6.77. The summed E-state index contributed by atoms with van der Waals surface area (Å²) in [5, 5.41) is 3.23. The molecular weight excluding hydrogens is 242 g/mol. The maximum atomic E-state index is 5.82. The fourth-order valence-corrected chi connectivity index (χ4v) is 1.76. The van der Waals surface area contributed by atoms with Gasteiger partial charge in [0.2, 0.25) is 0 Å². The third-order valence-corrected chi connectivity index (χ3v) is 2.89. The molecule has 19 heavy (non-hydrogen) atoms. The molecular formula is C13H26N5O+. The average Bonchev–Trinajstić information content (AvgIpc) is 2.37. The highest BCUT2D eigenvalue weighted by molar-refractivity contribution is 5.65. The highest BCUT2D eigenvalue weighted by Crippen LogP contribution is 2.16. The van der Waals surface area contributed by atoms with E-state index in [0.29, 0.717) is 17.2 Å². The van der Waals surface area contributed by atoms with Gasteiger partial charge >= 0.3 is 0 Å². The van der Waals surface area contributed by atoms with Crippen molar-refractivity contribution in [2.24, 2.45) is 0 Å². The molecule has 0 saturated heterocycles. The lowest BCUT2D eigenvalue weighted by molar-refractivity contribution is -0.880. The lowest BCUT2D eigenvalue weighted by atomic mass is 10.3. The molecule has 6 N–H and O–H groups in total. The summed E-state index contributed by atoms with van der Waals surface area (Å²) in [5.74, 6) is 0.709. The summed E-state index contributed by atoms with van der Waals surface area (Å²) < 4.78 is 5.33. The summed E-state index contributed by atoms with van der Waals surface area (Å²) in [7, 11) is 2.18. The summed E-state index contributed by atoms with van der Waals surface area (Å²) in [4.78, 5) is 5.63. The standard InChI is InChI=1S/C13H25N5O/c1-3-19-8-7-18(2)6-4-5-16-13-12(15)9-11(14)10-17-13/h9-10H,3-8,14-15H2,1-2H3,(H,16,17)/p+1. The predicted octanol–water partition coefficient (Wildman–Crippen LogP) is -0.401. The minimum absolute atomic E-state index is 0.586. The third kappa shape index (κ3) is 6.26. The number of hydrogen-bond acceptors (Lipinski definition) is 5. The quantitative estimate of drug-likeness (QED) is 0.458. The van der Waals surface area contributed by atoms with Crippen molar-refractivity contribution >= 4 is 17.2 Å². The van der Waals surface area contributed by atoms with Crippen molar-refractivity contribution in [3.8, 4) is 0 Å². The van der Waals surface area contributed by atoms with Gasteiger partial charge in [0, 0.05) is 19.6 Å². The zero-order valence-electron chi connectivity index (χ0n) is 11.9. The van der Waals surface area contributed by atoms with Crippen LogP contribution in [-0.4, -0.2) is 44.9 Å². The van der Waals surface area contributed by atoms with Gasteiger partial charge in [0.05, 0.1) is 37.8 Å². The molecule has 0 aromatic carbocycles. The van der Waals surface area contributed by atoms with Gasteiger partial charge in [-0.25, -0.2) is 4.98 Å². The second-order valence-electron chi connectivity index (χ2n) is 4.64. The van der Waals surface area contributed by atoms with Crippen LogP contribution in [0.4, 0.5) is 17.2 Å². The van der Waals surface area contributed by atoms with Crippen molar-refractivity contribution in [1.29, 1.82) is 0 Å². The van der Waals surface area contributed by atoms with Crippen molar-refractivity contribution in [3.63, 3.8) is 0 Å². The number of nitrogens with two attached hydrogens (primary N) is 2. The van der Waals surface area contributed by atoms with Crippen LogP contribution in [0.5, 0.6) is 0 Å². The van der Waals surface area contributed by atoms with Crippen LogP contribution in [0.15, 0.2) is 12.3 Å². The fourth-order valence-electron chi connectivity index (χ4n) is 1.76. The molecule has 1 aromatic rings. The molecule has 0 bridgehead atoms. The van der Waals surface area contributed by atoms with Gasteiger partial charge < -0.3 is 26.4 Å². The summed E-state index contributed by atoms with van der Waals surface area (Å²) in [5.41, 5.74) is 12.6. The van der Waals surface area contributed by atoms with Crippen molar-refractivity contribution in [3.05, 3.63) is 12.3 Å². The molecule has 108 valence electrons. The Morgan fingerprint density at radius 3 is 2.84 bits per heavy atom. The molecule has 0 aliphatic rings. The number of nitrogens with one attached hydrogen (secondary N) is 2. The molecule has 1 rings (SSSR count). The molecule has 0 saturated carbocycles. The number of ether oxygens (including phenoxy) is 1. The van der Waals surface area contributed by atoms with Gasteiger partial charge in [-0.3, -0.25) is 0 Å². The van der Waals surface area contributed by atoms with Crippen molar-refractivity contribution in [1.82, 2.24) is 4.98 Å². The summed E-state index contributed by atoms with van der Waals surface area (Å²) >= 11 is 0. The highest BCUT2D eigenvalue weighted by atomic mass is 16.5. The van der Waals surface area contributed by atoms with Crippen molar-refractivity contribution in [2.45, 2.75) is 13.3 Å². The number of hydrogen-bond donors (Lipinski definition) is 4. The Morgan fingerprint density at radius 2 is 2.16 bits per heavy atom. The minimum atomic E-state index is 0.586. The van der Waals surface area contributed by atoms with E-state index in [4.69, 9.17) is 16.2 Å². The monoisotopic (exact) mass is 268 g/mol. The third-order valence-electron chi connectivity index (χ3n) is 2.89. The molecule has 0 radical (unpaired) electrons. The zero-order chi connectivity index (χ0) is 14.1. The predicted molar refractivity (Wildman–Crippen MR) is 79.3 cm³/mol. The largest absolute Gasteiger partial charge is 0.397 e. The summed E-state index contributed by atoms with van der Waals surface area (Å²) in [6.07, 6.45) is 2.67. The smallest absolute Gasteiger partial charge is 0.149 e. The normalized spacial score (nSPS) is 12.3. The van der Waals surface area contributed by atoms with Crippen LogP contribution in [0.25, 0.3) is 0 Å². The van der Waals surface area contributed by atoms with Crippen LogP contribution in [0.3, 0.4) is 0 Å². The summed E-state index contributed by atoms with van der Waals surface area (Å²) in [6.45, 7) is 6.61. The van der Waals surface area contributed by atoms with E-state index in [9.17, 15) is 0 Å². The number of quaternary nitrogens is 1. The number of nitrogens with zero attached hydrogens (tertiary/aromatic N) is 1. The average molecular weight is 268 g/mol. The van der Waals surface area contributed by atoms with E-state index in [0.717, 1.165) is 39.3 Å². The molecule has 1 aromatic heterocycles. The van der Waals surface area contributed by atoms with E-state index in [1.165, 1.54) is 4.90 Å². The molecule has 0 aliphatic carbocycles. The molecule has 6 heteroatoms. The Bertz CT molecular complexity index is 372. The Balaban J connectivity index is 2.16. The van der Waals surface area contributed by atoms with E-state index >= 15 is 0 Å². The van der Waals surface area contributed by atoms with E-state index in [1.807, 2.05) is 6.92 Å². The maximum Gasteiger partial charge on any atom is 0.149 e. The van der Waals surface area contributed by atoms with Gasteiger partial charge in [0.25, 0.3) is 0 Å². The SMILES string of the molecule is CCOCC[NH+](C)CCCNc1ncc(N)cc1N. The summed E-state index contributed by atoms with van der Waals surface area (Å²) in [6, 6.07) is 1.72. The van der Waals surface area contributed by atoms with Gasteiger partial charge in [-0.1, -0.05) is 0 Å². The van der Waals surface area contributed by atoms with E-state index in [2.05, 4.69) is 17.3 Å². The lowest BCUT2D eigenvalue weighted by Gasteiger charge is -2.14. The Morgan fingerprint density at radius 1 is 1.37 bits per heavy atom. The molecule has 0 fully saturated rings. The van der Waals surface area contributed by atoms with E-state index in [-0.39, 0.29) is 0 Å². The molecule has 0 amide bonds. The number of likely N-dealkylation sites (N-methyl/N-ethyl adjacent to an activating group) is 1. The fraction of sp³-hybridized carbons (Fsp3) is 0.615. The maximum absolute atomic E-state index is 5.82. The van der Waals surface area contributed by atoms with Crippen molar-refractivity contribution in [2.75, 3.05) is 56.7 Å². The van der Waals surface area contributed by atoms with Gasteiger partial charge in [-0.05, 0) is 13.0 Å². The molecule has 0 spiro atoms.